The quantitative estimate of drug-likeness (QED) is 0.324. The zero-order valence-corrected chi connectivity index (χ0v) is 20.0. The number of hydrogen-bond acceptors (Lipinski definition) is 3. The highest BCUT2D eigenvalue weighted by molar-refractivity contribution is 14.0. The van der Waals surface area contributed by atoms with Crippen LogP contribution < -0.4 is 5.32 Å². The molecular formula is C22H29IN6. The first-order valence-corrected chi connectivity index (χ1v) is 9.42. The van der Waals surface area contributed by atoms with Gasteiger partial charge in [0.2, 0.25) is 0 Å². The van der Waals surface area contributed by atoms with Crippen LogP contribution in [-0.4, -0.2) is 39.7 Å². The highest BCUT2D eigenvalue weighted by Crippen LogP contribution is 2.11. The van der Waals surface area contributed by atoms with E-state index in [0.717, 1.165) is 35.3 Å². The number of nitrogens with one attached hydrogen (secondary N) is 1. The summed E-state index contributed by atoms with van der Waals surface area (Å²) in [6.07, 6.45) is 1.88. The van der Waals surface area contributed by atoms with Crippen molar-refractivity contribution >= 4 is 29.9 Å². The summed E-state index contributed by atoms with van der Waals surface area (Å²) >= 11 is 0. The maximum Gasteiger partial charge on any atom is 0.193 e. The van der Waals surface area contributed by atoms with Crippen LogP contribution in [0.3, 0.4) is 0 Å². The van der Waals surface area contributed by atoms with Crippen LogP contribution >= 0.6 is 24.0 Å². The minimum absolute atomic E-state index is 0. The molecule has 3 rings (SSSR count). The second kappa shape index (κ2) is 10.4. The van der Waals surface area contributed by atoms with E-state index in [1.807, 2.05) is 43.9 Å². The molecule has 154 valence electrons. The molecule has 2 aromatic heterocycles. The lowest BCUT2D eigenvalue weighted by molar-refractivity contribution is 0.476. The summed E-state index contributed by atoms with van der Waals surface area (Å²) in [5.74, 6) is 1.68. The SMILES string of the molecule is CN=C(NCc1ccc(-n2nc(C)cc2C)nc1)N(C)Cc1ccc(C)cc1.I. The molecule has 7 heteroatoms. The molecule has 0 bridgehead atoms. The van der Waals surface area contributed by atoms with Gasteiger partial charge in [-0.25, -0.2) is 9.67 Å². The summed E-state index contributed by atoms with van der Waals surface area (Å²) in [5, 5.41) is 7.88. The second-order valence-corrected chi connectivity index (χ2v) is 7.11. The van der Waals surface area contributed by atoms with Crippen LogP contribution in [0, 0.1) is 20.8 Å². The average Bonchev–Trinajstić information content (AvgIpc) is 3.03. The molecule has 1 N–H and O–H groups in total. The summed E-state index contributed by atoms with van der Waals surface area (Å²) in [5.41, 5.74) is 5.69. The largest absolute Gasteiger partial charge is 0.352 e. The lowest BCUT2D eigenvalue weighted by Gasteiger charge is -2.22. The summed E-state index contributed by atoms with van der Waals surface area (Å²) in [6.45, 7) is 7.58. The van der Waals surface area contributed by atoms with Gasteiger partial charge in [0.05, 0.1) is 5.69 Å². The third-order valence-electron chi connectivity index (χ3n) is 4.60. The number of hydrogen-bond donors (Lipinski definition) is 1. The minimum Gasteiger partial charge on any atom is -0.352 e. The molecule has 0 amide bonds. The Balaban J connectivity index is 0.00000300. The Morgan fingerprint density at radius 3 is 2.31 bits per heavy atom. The van der Waals surface area contributed by atoms with Crippen LogP contribution in [0.1, 0.15) is 28.1 Å². The number of aliphatic imine (C=N–C) groups is 1. The highest BCUT2D eigenvalue weighted by atomic mass is 127. The molecule has 1 aromatic carbocycles. The van der Waals surface area contributed by atoms with E-state index in [1.165, 1.54) is 11.1 Å². The first-order valence-electron chi connectivity index (χ1n) is 9.42. The van der Waals surface area contributed by atoms with Crippen molar-refractivity contribution in [2.45, 2.75) is 33.9 Å². The normalized spacial score (nSPS) is 11.1. The molecule has 0 unspecified atom stereocenters. The van der Waals surface area contributed by atoms with Crippen LogP contribution in [-0.2, 0) is 13.1 Å². The number of nitrogens with zero attached hydrogens (tertiary/aromatic N) is 5. The number of halogens is 1. The smallest absolute Gasteiger partial charge is 0.193 e. The highest BCUT2D eigenvalue weighted by Gasteiger charge is 2.08. The minimum atomic E-state index is 0. The fourth-order valence-corrected chi connectivity index (χ4v) is 3.12. The first-order chi connectivity index (χ1) is 13.5. The number of rotatable bonds is 5. The maximum atomic E-state index is 4.55. The topological polar surface area (TPSA) is 58.3 Å². The lowest BCUT2D eigenvalue weighted by Crippen LogP contribution is -2.38. The predicted molar refractivity (Wildman–Crippen MR) is 129 cm³/mol. The van der Waals surface area contributed by atoms with E-state index in [2.05, 4.69) is 62.5 Å². The van der Waals surface area contributed by atoms with Crippen molar-refractivity contribution in [3.05, 3.63) is 76.7 Å². The second-order valence-electron chi connectivity index (χ2n) is 7.11. The van der Waals surface area contributed by atoms with Crippen molar-refractivity contribution in [1.82, 2.24) is 25.0 Å². The predicted octanol–water partition coefficient (Wildman–Crippen LogP) is 4.02. The van der Waals surface area contributed by atoms with E-state index in [-0.39, 0.29) is 24.0 Å². The Morgan fingerprint density at radius 1 is 1.07 bits per heavy atom. The van der Waals surface area contributed by atoms with Gasteiger partial charge in [0.15, 0.2) is 11.8 Å². The van der Waals surface area contributed by atoms with Gasteiger partial charge >= 0.3 is 0 Å². The van der Waals surface area contributed by atoms with Crippen molar-refractivity contribution in [2.24, 2.45) is 4.99 Å². The van der Waals surface area contributed by atoms with Crippen molar-refractivity contribution in [3.8, 4) is 5.82 Å². The Bertz CT molecular complexity index is 944. The monoisotopic (exact) mass is 504 g/mol. The van der Waals surface area contributed by atoms with Crippen LogP contribution in [0.2, 0.25) is 0 Å². The molecule has 6 nitrogen and oxygen atoms in total. The van der Waals surface area contributed by atoms with Gasteiger partial charge in [0.25, 0.3) is 0 Å². The van der Waals surface area contributed by atoms with Crippen molar-refractivity contribution in [2.75, 3.05) is 14.1 Å². The van der Waals surface area contributed by atoms with Gasteiger partial charge in [-0.3, -0.25) is 4.99 Å². The van der Waals surface area contributed by atoms with Crippen molar-refractivity contribution in [1.29, 1.82) is 0 Å². The van der Waals surface area contributed by atoms with Gasteiger partial charge in [-0.05, 0) is 44.0 Å². The fraction of sp³-hybridized carbons (Fsp3) is 0.318. The fourth-order valence-electron chi connectivity index (χ4n) is 3.12. The zero-order valence-electron chi connectivity index (χ0n) is 17.7. The van der Waals surface area contributed by atoms with E-state index in [0.29, 0.717) is 6.54 Å². The number of aryl methyl sites for hydroxylation is 3. The molecule has 0 spiro atoms. The maximum absolute atomic E-state index is 4.55. The standard InChI is InChI=1S/C22H28N6.HI/c1-16-6-8-19(9-7-16)15-27(5)22(23-4)25-14-20-10-11-21(24-13-20)28-18(3)12-17(2)26-28;/h6-13H,14-15H2,1-5H3,(H,23,25);1H. The third kappa shape index (κ3) is 6.03. The van der Waals surface area contributed by atoms with Gasteiger partial charge in [0, 0.05) is 39.1 Å². The van der Waals surface area contributed by atoms with Crippen LogP contribution in [0.4, 0.5) is 0 Å². The van der Waals surface area contributed by atoms with Crippen LogP contribution in [0.5, 0.6) is 0 Å². The third-order valence-corrected chi connectivity index (χ3v) is 4.60. The molecule has 0 aliphatic carbocycles. The number of aromatic nitrogens is 3. The molecule has 3 aromatic rings. The Kier molecular flexibility index (Phi) is 8.19. The van der Waals surface area contributed by atoms with E-state index < -0.39 is 0 Å². The Hall–Kier alpha value is -2.42. The van der Waals surface area contributed by atoms with Gasteiger partial charge in [-0.2, -0.15) is 5.10 Å². The summed E-state index contributed by atoms with van der Waals surface area (Å²) in [6, 6.07) is 14.7. The summed E-state index contributed by atoms with van der Waals surface area (Å²) < 4.78 is 1.86. The van der Waals surface area contributed by atoms with Crippen molar-refractivity contribution < 1.29 is 0 Å². The molecule has 0 aliphatic heterocycles. The van der Waals surface area contributed by atoms with Crippen molar-refractivity contribution in [3.63, 3.8) is 0 Å². The molecule has 0 fully saturated rings. The first kappa shape index (κ1) is 22.9. The van der Waals surface area contributed by atoms with Crippen LogP contribution in [0.25, 0.3) is 5.82 Å². The van der Waals surface area contributed by atoms with Gasteiger partial charge in [-0.1, -0.05) is 35.9 Å². The summed E-state index contributed by atoms with van der Waals surface area (Å²) in [4.78, 5) is 11.1. The van der Waals surface area contributed by atoms with E-state index in [4.69, 9.17) is 0 Å². The Morgan fingerprint density at radius 2 is 1.76 bits per heavy atom. The molecule has 0 aliphatic rings. The summed E-state index contributed by atoms with van der Waals surface area (Å²) in [7, 11) is 3.84. The molecule has 0 saturated carbocycles. The van der Waals surface area contributed by atoms with Gasteiger partial charge in [0.1, 0.15) is 0 Å². The molecule has 0 radical (unpaired) electrons. The molecule has 29 heavy (non-hydrogen) atoms. The Labute approximate surface area is 190 Å². The molecular weight excluding hydrogens is 475 g/mol. The van der Waals surface area contributed by atoms with E-state index in [1.54, 1.807) is 7.05 Å². The van der Waals surface area contributed by atoms with Crippen LogP contribution in [0.15, 0.2) is 53.7 Å². The molecule has 0 saturated heterocycles. The lowest BCUT2D eigenvalue weighted by atomic mass is 10.1. The van der Waals surface area contributed by atoms with Gasteiger partial charge < -0.3 is 10.2 Å². The number of pyridine rings is 1. The van der Waals surface area contributed by atoms with E-state index >= 15 is 0 Å². The molecule has 2 heterocycles. The van der Waals surface area contributed by atoms with Gasteiger partial charge in [-0.15, -0.1) is 24.0 Å². The van der Waals surface area contributed by atoms with E-state index in [9.17, 15) is 0 Å². The average molecular weight is 504 g/mol. The zero-order chi connectivity index (χ0) is 20.1. The molecule has 0 atom stereocenters. The number of guanidine groups is 1. The number of benzene rings is 1.